The van der Waals surface area contributed by atoms with Crippen molar-refractivity contribution in [2.75, 3.05) is 43.4 Å². The summed E-state index contributed by atoms with van der Waals surface area (Å²) >= 11 is 1.56. The molecule has 1 aliphatic heterocycles. The molecule has 0 aliphatic carbocycles. The van der Waals surface area contributed by atoms with Crippen molar-refractivity contribution in [1.29, 1.82) is 0 Å². The average molecular weight is 367 g/mol. The number of hydrogen-bond donors (Lipinski definition) is 1. The number of aromatic nitrogens is 4. The van der Waals surface area contributed by atoms with Crippen LogP contribution in [0.5, 0.6) is 0 Å². The summed E-state index contributed by atoms with van der Waals surface area (Å²) in [5.41, 5.74) is 0.926. The molecule has 7 nitrogen and oxygen atoms in total. The highest BCUT2D eigenvalue weighted by molar-refractivity contribution is 7.18. The quantitative estimate of drug-likeness (QED) is 0.760. The third kappa shape index (κ3) is 3.81. The van der Waals surface area contributed by atoms with Gasteiger partial charge in [-0.05, 0) is 26.1 Å². The van der Waals surface area contributed by atoms with Crippen LogP contribution in [0.25, 0.3) is 10.6 Å². The largest absolute Gasteiger partial charge is 0.354 e. The van der Waals surface area contributed by atoms with E-state index in [0.29, 0.717) is 0 Å². The SMILES string of the molecule is Cc1nc(Nc2ncc(-c3ccccn3)s2)cc(N2CCN(C)CC2)n1. The Morgan fingerprint density at radius 2 is 1.92 bits per heavy atom. The molecule has 0 unspecified atom stereocenters. The fourth-order valence-corrected chi connectivity index (χ4v) is 3.68. The summed E-state index contributed by atoms with van der Waals surface area (Å²) < 4.78 is 0. The summed E-state index contributed by atoms with van der Waals surface area (Å²) in [5.74, 6) is 2.49. The predicted octanol–water partition coefficient (Wildman–Crippen LogP) is 2.80. The molecule has 0 radical (unpaired) electrons. The molecule has 4 heterocycles. The Kier molecular flexibility index (Phi) is 4.77. The van der Waals surface area contributed by atoms with E-state index in [1.807, 2.05) is 37.4 Å². The van der Waals surface area contributed by atoms with Gasteiger partial charge in [0.15, 0.2) is 5.13 Å². The van der Waals surface area contributed by atoms with E-state index in [9.17, 15) is 0 Å². The normalized spacial score (nSPS) is 15.2. The Hall–Kier alpha value is -2.58. The number of likely N-dealkylation sites (N-methyl/N-ethyl adjacent to an activating group) is 1. The molecule has 0 amide bonds. The van der Waals surface area contributed by atoms with E-state index in [1.165, 1.54) is 0 Å². The molecule has 1 saturated heterocycles. The van der Waals surface area contributed by atoms with Gasteiger partial charge >= 0.3 is 0 Å². The molecule has 3 aromatic rings. The zero-order valence-corrected chi connectivity index (χ0v) is 15.7. The first kappa shape index (κ1) is 16.9. The molecule has 0 bridgehead atoms. The number of anilines is 3. The van der Waals surface area contributed by atoms with Crippen LogP contribution >= 0.6 is 11.3 Å². The van der Waals surface area contributed by atoms with E-state index in [0.717, 1.165) is 59.3 Å². The summed E-state index contributed by atoms with van der Waals surface area (Å²) in [6, 6.07) is 7.87. The maximum Gasteiger partial charge on any atom is 0.188 e. The first-order valence-electron chi connectivity index (χ1n) is 8.61. The van der Waals surface area contributed by atoms with Crippen LogP contribution in [0.15, 0.2) is 36.7 Å². The van der Waals surface area contributed by atoms with Crippen molar-refractivity contribution in [3.8, 4) is 10.6 Å². The van der Waals surface area contributed by atoms with Crippen molar-refractivity contribution >= 4 is 28.1 Å². The molecular weight excluding hydrogens is 346 g/mol. The van der Waals surface area contributed by atoms with Gasteiger partial charge < -0.3 is 15.1 Å². The maximum atomic E-state index is 4.61. The number of nitrogens with zero attached hydrogens (tertiary/aromatic N) is 6. The molecule has 3 aromatic heterocycles. The number of thiazole rings is 1. The minimum atomic E-state index is 0.755. The van der Waals surface area contributed by atoms with Crippen LogP contribution < -0.4 is 10.2 Å². The van der Waals surface area contributed by atoms with Crippen molar-refractivity contribution in [2.45, 2.75) is 6.92 Å². The number of rotatable bonds is 4. The van der Waals surface area contributed by atoms with Crippen molar-refractivity contribution in [3.63, 3.8) is 0 Å². The summed E-state index contributed by atoms with van der Waals surface area (Å²) in [6.07, 6.45) is 3.63. The van der Waals surface area contributed by atoms with Crippen LogP contribution in [0.2, 0.25) is 0 Å². The summed E-state index contributed by atoms with van der Waals surface area (Å²) in [5, 5.41) is 4.11. The van der Waals surface area contributed by atoms with Gasteiger partial charge in [-0.1, -0.05) is 17.4 Å². The minimum Gasteiger partial charge on any atom is -0.354 e. The highest BCUT2D eigenvalue weighted by Crippen LogP contribution is 2.29. The Bertz CT molecular complexity index is 872. The van der Waals surface area contributed by atoms with Crippen molar-refractivity contribution in [2.24, 2.45) is 0 Å². The number of hydrogen-bond acceptors (Lipinski definition) is 8. The molecule has 8 heteroatoms. The minimum absolute atomic E-state index is 0.755. The van der Waals surface area contributed by atoms with Gasteiger partial charge in [0, 0.05) is 44.6 Å². The molecule has 0 atom stereocenters. The lowest BCUT2D eigenvalue weighted by Crippen LogP contribution is -2.44. The van der Waals surface area contributed by atoms with E-state index in [2.05, 4.69) is 42.1 Å². The lowest BCUT2D eigenvalue weighted by atomic mass is 10.3. The Labute approximate surface area is 156 Å². The van der Waals surface area contributed by atoms with Gasteiger partial charge in [0.05, 0.1) is 10.6 Å². The Morgan fingerprint density at radius 3 is 2.69 bits per heavy atom. The van der Waals surface area contributed by atoms with Gasteiger partial charge in [0.2, 0.25) is 0 Å². The molecular formula is C18H21N7S. The number of nitrogens with one attached hydrogen (secondary N) is 1. The molecule has 26 heavy (non-hydrogen) atoms. The molecule has 1 N–H and O–H groups in total. The molecule has 1 fully saturated rings. The third-order valence-electron chi connectivity index (χ3n) is 4.31. The van der Waals surface area contributed by atoms with Gasteiger partial charge in [-0.2, -0.15) is 0 Å². The molecule has 0 spiro atoms. The maximum absolute atomic E-state index is 4.61. The van der Waals surface area contributed by atoms with Gasteiger partial charge in [-0.15, -0.1) is 0 Å². The highest BCUT2D eigenvalue weighted by atomic mass is 32.1. The fraction of sp³-hybridized carbons (Fsp3) is 0.333. The van der Waals surface area contributed by atoms with E-state index >= 15 is 0 Å². The van der Waals surface area contributed by atoms with Crippen LogP contribution in [-0.2, 0) is 0 Å². The zero-order chi connectivity index (χ0) is 17.9. The topological polar surface area (TPSA) is 70.1 Å². The van der Waals surface area contributed by atoms with Gasteiger partial charge in [-0.3, -0.25) is 4.98 Å². The van der Waals surface area contributed by atoms with Crippen LogP contribution in [0, 0.1) is 6.92 Å². The summed E-state index contributed by atoms with van der Waals surface area (Å²) in [4.78, 5) is 23.6. The fourth-order valence-electron chi connectivity index (χ4n) is 2.88. The summed E-state index contributed by atoms with van der Waals surface area (Å²) in [6.45, 7) is 5.98. The summed E-state index contributed by atoms with van der Waals surface area (Å²) in [7, 11) is 2.15. The lowest BCUT2D eigenvalue weighted by Gasteiger charge is -2.33. The van der Waals surface area contributed by atoms with E-state index in [1.54, 1.807) is 17.5 Å². The van der Waals surface area contributed by atoms with Crippen LogP contribution in [0.4, 0.5) is 16.8 Å². The first-order chi connectivity index (χ1) is 12.7. The number of pyridine rings is 1. The zero-order valence-electron chi connectivity index (χ0n) is 14.9. The smallest absolute Gasteiger partial charge is 0.188 e. The van der Waals surface area contributed by atoms with Crippen LogP contribution in [-0.4, -0.2) is 58.1 Å². The second-order valence-corrected chi connectivity index (χ2v) is 7.35. The molecule has 4 rings (SSSR count). The second-order valence-electron chi connectivity index (χ2n) is 6.32. The Morgan fingerprint density at radius 1 is 1.08 bits per heavy atom. The second kappa shape index (κ2) is 7.35. The van der Waals surface area contributed by atoms with Crippen molar-refractivity contribution in [1.82, 2.24) is 24.8 Å². The highest BCUT2D eigenvalue weighted by Gasteiger charge is 2.17. The van der Waals surface area contributed by atoms with Crippen molar-refractivity contribution in [3.05, 3.63) is 42.5 Å². The van der Waals surface area contributed by atoms with Gasteiger partial charge in [0.25, 0.3) is 0 Å². The van der Waals surface area contributed by atoms with Crippen LogP contribution in [0.3, 0.4) is 0 Å². The number of piperazine rings is 1. The third-order valence-corrected chi connectivity index (χ3v) is 5.25. The standard InChI is InChI=1S/C18H21N7S/c1-13-21-16(11-17(22-13)25-9-7-24(2)8-10-25)23-18-20-12-15(26-18)14-5-3-4-6-19-14/h3-6,11-12H,7-10H2,1-2H3,(H,20,21,22,23). The van der Waals surface area contributed by atoms with E-state index in [4.69, 9.17) is 0 Å². The van der Waals surface area contributed by atoms with E-state index < -0.39 is 0 Å². The Balaban J connectivity index is 1.52. The molecule has 0 aromatic carbocycles. The van der Waals surface area contributed by atoms with Gasteiger partial charge in [-0.25, -0.2) is 15.0 Å². The predicted molar refractivity (Wildman–Crippen MR) is 105 cm³/mol. The van der Waals surface area contributed by atoms with E-state index in [-0.39, 0.29) is 0 Å². The molecule has 1 aliphatic rings. The van der Waals surface area contributed by atoms with Crippen LogP contribution in [0.1, 0.15) is 5.82 Å². The molecule has 134 valence electrons. The average Bonchev–Trinajstić information content (AvgIpc) is 3.11. The number of aryl methyl sites for hydroxylation is 1. The monoisotopic (exact) mass is 367 g/mol. The first-order valence-corrected chi connectivity index (χ1v) is 9.42. The molecule has 0 saturated carbocycles. The lowest BCUT2D eigenvalue weighted by molar-refractivity contribution is 0.312. The van der Waals surface area contributed by atoms with Crippen molar-refractivity contribution < 1.29 is 0 Å². The van der Waals surface area contributed by atoms with Gasteiger partial charge in [0.1, 0.15) is 17.5 Å².